The fourth-order valence-corrected chi connectivity index (χ4v) is 4.19. The van der Waals surface area contributed by atoms with Crippen LogP contribution in [-0.2, 0) is 14.8 Å². The molecule has 2 N–H and O–H groups in total. The van der Waals surface area contributed by atoms with Crippen LogP contribution < -0.4 is 5.73 Å². The summed E-state index contributed by atoms with van der Waals surface area (Å²) in [5, 5.41) is 0. The van der Waals surface area contributed by atoms with Crippen LogP contribution in [0.1, 0.15) is 6.92 Å². The van der Waals surface area contributed by atoms with Gasteiger partial charge in [0, 0.05) is 33.1 Å². The van der Waals surface area contributed by atoms with Gasteiger partial charge in [0.05, 0.1) is 10.2 Å². The lowest BCUT2D eigenvalue weighted by Crippen LogP contribution is -2.50. The van der Waals surface area contributed by atoms with Crippen LogP contribution >= 0.6 is 15.9 Å². The molecule has 1 aliphatic rings. The zero-order valence-corrected chi connectivity index (χ0v) is 13.7. The molecule has 1 heterocycles. The lowest BCUT2D eigenvalue weighted by Gasteiger charge is -2.33. The van der Waals surface area contributed by atoms with Crippen molar-refractivity contribution in [2.75, 3.05) is 31.9 Å². The molecule has 0 radical (unpaired) electrons. The van der Waals surface area contributed by atoms with Crippen molar-refractivity contribution < 1.29 is 17.6 Å². The van der Waals surface area contributed by atoms with E-state index in [2.05, 4.69) is 15.9 Å². The minimum Gasteiger partial charge on any atom is -0.398 e. The third-order valence-corrected chi connectivity index (χ3v) is 5.92. The number of carbonyl (C=O) groups excluding carboxylic acids is 1. The number of hydrogen-bond donors (Lipinski definition) is 1. The van der Waals surface area contributed by atoms with E-state index in [4.69, 9.17) is 5.73 Å². The van der Waals surface area contributed by atoms with Gasteiger partial charge in [-0.2, -0.15) is 4.31 Å². The molecule has 21 heavy (non-hydrogen) atoms. The summed E-state index contributed by atoms with van der Waals surface area (Å²) >= 11 is 2.96. The van der Waals surface area contributed by atoms with Crippen molar-refractivity contribution in [3.63, 3.8) is 0 Å². The summed E-state index contributed by atoms with van der Waals surface area (Å²) in [5.41, 5.74) is 5.49. The molecule has 0 aliphatic carbocycles. The maximum absolute atomic E-state index is 13.4. The zero-order chi connectivity index (χ0) is 15.8. The summed E-state index contributed by atoms with van der Waals surface area (Å²) in [6, 6.07) is 2.14. The molecular formula is C12H15BrFN3O3S. The Morgan fingerprint density at radius 1 is 1.29 bits per heavy atom. The van der Waals surface area contributed by atoms with Gasteiger partial charge in [0.2, 0.25) is 15.9 Å². The Balaban J connectivity index is 2.28. The molecule has 0 atom stereocenters. The Labute approximate surface area is 130 Å². The number of piperazine rings is 1. The van der Waals surface area contributed by atoms with E-state index in [1.54, 1.807) is 4.90 Å². The first-order chi connectivity index (χ1) is 9.73. The van der Waals surface area contributed by atoms with Gasteiger partial charge in [0.25, 0.3) is 0 Å². The maximum Gasteiger partial charge on any atom is 0.245 e. The minimum absolute atomic E-state index is 0.0395. The summed E-state index contributed by atoms with van der Waals surface area (Å²) in [6.07, 6.45) is 0. The van der Waals surface area contributed by atoms with Crippen molar-refractivity contribution in [1.82, 2.24) is 9.21 Å². The highest BCUT2D eigenvalue weighted by Gasteiger charge is 2.31. The van der Waals surface area contributed by atoms with Gasteiger partial charge in [0.15, 0.2) is 0 Å². The molecule has 9 heteroatoms. The van der Waals surface area contributed by atoms with Crippen LogP contribution in [0.5, 0.6) is 0 Å². The van der Waals surface area contributed by atoms with Crippen molar-refractivity contribution >= 4 is 37.5 Å². The van der Waals surface area contributed by atoms with Crippen LogP contribution in [-0.4, -0.2) is 49.7 Å². The molecule has 1 fully saturated rings. The van der Waals surface area contributed by atoms with Crippen LogP contribution in [0.2, 0.25) is 0 Å². The topological polar surface area (TPSA) is 83.7 Å². The van der Waals surface area contributed by atoms with Crippen molar-refractivity contribution in [3.8, 4) is 0 Å². The molecule has 1 amide bonds. The smallest absolute Gasteiger partial charge is 0.245 e. The van der Waals surface area contributed by atoms with E-state index in [1.165, 1.54) is 11.2 Å². The first kappa shape index (κ1) is 16.2. The number of amides is 1. The summed E-state index contributed by atoms with van der Waals surface area (Å²) in [6.45, 7) is 2.49. The summed E-state index contributed by atoms with van der Waals surface area (Å²) < 4.78 is 39.7. The lowest BCUT2D eigenvalue weighted by molar-refractivity contribution is -0.129. The first-order valence-corrected chi connectivity index (χ1v) is 8.47. The second-order valence-electron chi connectivity index (χ2n) is 4.71. The number of rotatable bonds is 2. The second-order valence-corrected chi connectivity index (χ2v) is 7.47. The number of hydrogen-bond acceptors (Lipinski definition) is 4. The maximum atomic E-state index is 13.4. The lowest BCUT2D eigenvalue weighted by atomic mass is 10.3. The third-order valence-electron chi connectivity index (χ3n) is 3.35. The highest BCUT2D eigenvalue weighted by Crippen LogP contribution is 2.28. The molecule has 1 aromatic rings. The Morgan fingerprint density at radius 3 is 2.38 bits per heavy atom. The van der Waals surface area contributed by atoms with Crippen molar-refractivity contribution in [1.29, 1.82) is 0 Å². The molecule has 0 aromatic heterocycles. The Bertz CT molecular complexity index is 673. The quantitative estimate of drug-likeness (QED) is 0.777. The molecule has 0 bridgehead atoms. The predicted octanol–water partition coefficient (Wildman–Crippen LogP) is 1.02. The highest BCUT2D eigenvalue weighted by molar-refractivity contribution is 9.10. The minimum atomic E-state index is -3.81. The number of benzene rings is 1. The average molecular weight is 380 g/mol. The molecular weight excluding hydrogens is 365 g/mol. The summed E-state index contributed by atoms with van der Waals surface area (Å²) in [5.74, 6) is -0.705. The van der Waals surface area contributed by atoms with Gasteiger partial charge in [0.1, 0.15) is 10.7 Å². The van der Waals surface area contributed by atoms with Gasteiger partial charge in [-0.05, 0) is 28.1 Å². The average Bonchev–Trinajstić information content (AvgIpc) is 2.42. The number of nitrogens with two attached hydrogens (primary N) is 1. The van der Waals surface area contributed by atoms with E-state index >= 15 is 0 Å². The van der Waals surface area contributed by atoms with Crippen molar-refractivity contribution in [2.24, 2.45) is 0 Å². The van der Waals surface area contributed by atoms with Crippen LogP contribution in [0, 0.1) is 5.82 Å². The number of halogens is 2. The van der Waals surface area contributed by atoms with Gasteiger partial charge >= 0.3 is 0 Å². The number of carbonyl (C=O) groups is 1. The molecule has 1 aromatic carbocycles. The SMILES string of the molecule is CC(=O)N1CCN(S(=O)(=O)c2cc(Br)c(F)cc2N)CC1. The van der Waals surface area contributed by atoms with E-state index in [0.717, 1.165) is 12.1 Å². The van der Waals surface area contributed by atoms with E-state index in [1.807, 2.05) is 0 Å². The van der Waals surface area contributed by atoms with Gasteiger partial charge in [-0.3, -0.25) is 4.79 Å². The Kier molecular flexibility index (Phi) is 4.54. The molecule has 1 saturated heterocycles. The fourth-order valence-electron chi connectivity index (χ4n) is 2.15. The standard InChI is InChI=1S/C12H15BrFN3O3S/c1-8(18)16-2-4-17(5-3-16)21(19,20)12-6-9(13)10(14)7-11(12)15/h6-7H,2-5,15H2,1H3. The largest absolute Gasteiger partial charge is 0.398 e. The number of sulfonamides is 1. The van der Waals surface area contributed by atoms with Gasteiger partial charge < -0.3 is 10.6 Å². The van der Waals surface area contributed by atoms with E-state index < -0.39 is 15.8 Å². The predicted molar refractivity (Wildman–Crippen MR) is 79.5 cm³/mol. The number of anilines is 1. The molecule has 116 valence electrons. The summed E-state index contributed by atoms with van der Waals surface area (Å²) in [7, 11) is -3.81. The van der Waals surface area contributed by atoms with Gasteiger partial charge in [-0.15, -0.1) is 0 Å². The van der Waals surface area contributed by atoms with Gasteiger partial charge in [-0.1, -0.05) is 0 Å². The third kappa shape index (κ3) is 3.19. The van der Waals surface area contributed by atoms with Crippen LogP contribution in [0.15, 0.2) is 21.5 Å². The van der Waals surface area contributed by atoms with Crippen LogP contribution in [0.3, 0.4) is 0 Å². The molecule has 0 unspecified atom stereocenters. The zero-order valence-electron chi connectivity index (χ0n) is 11.3. The van der Waals surface area contributed by atoms with E-state index in [9.17, 15) is 17.6 Å². The van der Waals surface area contributed by atoms with Crippen molar-refractivity contribution in [2.45, 2.75) is 11.8 Å². The Hall–Kier alpha value is -1.19. The molecule has 6 nitrogen and oxygen atoms in total. The van der Waals surface area contributed by atoms with Crippen LogP contribution in [0.25, 0.3) is 0 Å². The Morgan fingerprint density at radius 2 is 1.86 bits per heavy atom. The van der Waals surface area contributed by atoms with E-state index in [-0.39, 0.29) is 34.1 Å². The second kappa shape index (κ2) is 5.90. The van der Waals surface area contributed by atoms with Gasteiger partial charge in [-0.25, -0.2) is 12.8 Å². The molecule has 1 aliphatic heterocycles. The first-order valence-electron chi connectivity index (χ1n) is 6.23. The number of nitrogens with zero attached hydrogens (tertiary/aromatic N) is 2. The number of nitrogen functional groups attached to an aromatic ring is 1. The molecule has 2 rings (SSSR count). The summed E-state index contributed by atoms with van der Waals surface area (Å²) in [4.78, 5) is 12.7. The monoisotopic (exact) mass is 379 g/mol. The fraction of sp³-hybridized carbons (Fsp3) is 0.417. The van der Waals surface area contributed by atoms with Crippen molar-refractivity contribution in [3.05, 3.63) is 22.4 Å². The van der Waals surface area contributed by atoms with Crippen LogP contribution in [0.4, 0.5) is 10.1 Å². The normalized spacial score (nSPS) is 17.0. The van der Waals surface area contributed by atoms with E-state index in [0.29, 0.717) is 13.1 Å². The molecule has 0 spiro atoms. The molecule has 0 saturated carbocycles. The highest BCUT2D eigenvalue weighted by atomic mass is 79.9.